The number of fused-ring (bicyclic) bond motifs is 2. The maximum absolute atomic E-state index is 12.9. The van der Waals surface area contributed by atoms with Gasteiger partial charge in [-0.05, 0) is 43.0 Å². The van der Waals surface area contributed by atoms with E-state index in [0.29, 0.717) is 62.4 Å². The Morgan fingerprint density at radius 1 is 1.02 bits per heavy atom. The van der Waals surface area contributed by atoms with Crippen LogP contribution in [0.1, 0.15) is 36.4 Å². The minimum atomic E-state index is -0.266. The summed E-state index contributed by atoms with van der Waals surface area (Å²) in [6.45, 7) is 0.702. The average molecular weight is 657 g/mol. The van der Waals surface area contributed by atoms with Gasteiger partial charge in [-0.3, -0.25) is 9.59 Å². The highest BCUT2D eigenvalue weighted by Crippen LogP contribution is 2.44. The monoisotopic (exact) mass is 655 g/mol. The van der Waals surface area contributed by atoms with Crippen molar-refractivity contribution in [2.45, 2.75) is 37.8 Å². The first kappa shape index (κ1) is 30.2. The summed E-state index contributed by atoms with van der Waals surface area (Å²) in [5.41, 5.74) is 5.43. The quantitative estimate of drug-likeness (QED) is 0.187. The van der Waals surface area contributed by atoms with Crippen LogP contribution in [0.3, 0.4) is 0 Å². The average Bonchev–Trinajstić information content (AvgIpc) is 3.68. The van der Waals surface area contributed by atoms with E-state index in [-0.39, 0.29) is 23.6 Å². The Labute approximate surface area is 275 Å². The largest absolute Gasteiger partial charge is 0.481 e. The van der Waals surface area contributed by atoms with Crippen LogP contribution in [0.2, 0.25) is 10.0 Å². The Hall–Kier alpha value is -4.51. The number of rotatable bonds is 8. The highest BCUT2D eigenvalue weighted by atomic mass is 35.5. The molecule has 0 bridgehead atoms. The number of hydrogen-bond acceptors (Lipinski definition) is 8. The number of carbonyl (C=O) groups is 1. The minimum Gasteiger partial charge on any atom is -0.481 e. The molecule has 0 saturated carbocycles. The summed E-state index contributed by atoms with van der Waals surface area (Å²) in [5.74, 6) is 1.06. The van der Waals surface area contributed by atoms with E-state index in [2.05, 4.69) is 32.1 Å². The molecule has 0 unspecified atom stereocenters. The first-order valence-corrected chi connectivity index (χ1v) is 15.8. The number of pyridine rings is 2. The number of hydrogen-bond donors (Lipinski definition) is 3. The second-order valence-corrected chi connectivity index (χ2v) is 12.3. The third kappa shape index (κ3) is 5.46. The lowest BCUT2D eigenvalue weighted by Crippen LogP contribution is -2.36. The van der Waals surface area contributed by atoms with Crippen LogP contribution in [0.5, 0.6) is 5.88 Å². The van der Waals surface area contributed by atoms with Crippen molar-refractivity contribution in [2.75, 3.05) is 19.0 Å². The van der Waals surface area contributed by atoms with Gasteiger partial charge in [0, 0.05) is 65.9 Å². The van der Waals surface area contributed by atoms with E-state index in [1.165, 1.54) is 4.68 Å². The van der Waals surface area contributed by atoms with E-state index in [0.717, 1.165) is 41.5 Å². The third-order valence-corrected chi connectivity index (χ3v) is 9.54. The number of nitrogens with zero attached hydrogens (tertiary/aromatic N) is 4. The molecule has 3 N–H and O–H groups in total. The summed E-state index contributed by atoms with van der Waals surface area (Å²) in [7, 11) is 3.23. The summed E-state index contributed by atoms with van der Waals surface area (Å²) in [4.78, 5) is 33.9. The number of nitrogens with one attached hydrogen (secondary N) is 3. The molecule has 46 heavy (non-hydrogen) atoms. The lowest BCUT2D eigenvalue weighted by molar-refractivity contribution is -0.119. The number of ether oxygens (including phenoxy) is 1. The summed E-state index contributed by atoms with van der Waals surface area (Å²) in [6.07, 6.45) is 6.45. The zero-order valence-electron chi connectivity index (χ0n) is 25.2. The van der Waals surface area contributed by atoms with Crippen molar-refractivity contribution in [1.29, 1.82) is 0 Å². The van der Waals surface area contributed by atoms with E-state index in [1.54, 1.807) is 32.6 Å². The molecule has 1 amide bonds. The van der Waals surface area contributed by atoms with Crippen molar-refractivity contribution in [3.63, 3.8) is 0 Å². The molecule has 1 aliphatic carbocycles. The zero-order chi connectivity index (χ0) is 31.9. The van der Waals surface area contributed by atoms with Crippen LogP contribution < -0.4 is 26.2 Å². The first-order chi connectivity index (χ1) is 22.3. The van der Waals surface area contributed by atoms with E-state index < -0.39 is 0 Å². The molecule has 2 atom stereocenters. The van der Waals surface area contributed by atoms with Crippen molar-refractivity contribution in [2.24, 2.45) is 7.05 Å². The zero-order valence-corrected chi connectivity index (χ0v) is 26.7. The lowest BCUT2D eigenvalue weighted by atomic mass is 9.99. The second kappa shape index (κ2) is 12.4. The minimum absolute atomic E-state index is 0.0903. The number of benzene rings is 2. The molecule has 0 radical (unpaired) electrons. The molecule has 12 heteroatoms. The van der Waals surface area contributed by atoms with Crippen molar-refractivity contribution >= 4 is 51.4 Å². The van der Waals surface area contributed by atoms with Crippen LogP contribution in [0.4, 0.5) is 11.5 Å². The second-order valence-electron chi connectivity index (χ2n) is 11.5. The standard InChI is InChI=1S/C34H31Cl2N7O3/c1-43-34(45)29-19(16-39-43)13-14-37-32(29)41-25-8-4-6-22(31(25)36)21-5-3-7-23(30(21)35)26-15-18-9-11-24(28(18)33(42-26)46-2)38-17-20-10-12-27(44)40-20/h3-8,13-16,20,24,38H,9-12,17H2,1-2H3,(H,37,41)(H,40,44)/t20-,24+/m1/s1. The van der Waals surface area contributed by atoms with Gasteiger partial charge >= 0.3 is 0 Å². The molecular formula is C34H31Cl2N7O3. The van der Waals surface area contributed by atoms with Gasteiger partial charge in [0.1, 0.15) is 5.82 Å². The molecule has 2 aliphatic rings. The number of halogens is 2. The lowest BCUT2D eigenvalue weighted by Gasteiger charge is -2.20. The summed E-state index contributed by atoms with van der Waals surface area (Å²) < 4.78 is 7.08. The number of carbonyl (C=O) groups excluding carboxylic acids is 1. The first-order valence-electron chi connectivity index (χ1n) is 15.1. The van der Waals surface area contributed by atoms with E-state index in [1.807, 2.05) is 36.4 Å². The predicted molar refractivity (Wildman–Crippen MR) is 180 cm³/mol. The number of amides is 1. The van der Waals surface area contributed by atoms with Crippen LogP contribution in [-0.2, 0) is 18.3 Å². The fourth-order valence-electron chi connectivity index (χ4n) is 6.39. The van der Waals surface area contributed by atoms with Gasteiger partial charge in [-0.15, -0.1) is 0 Å². The molecule has 234 valence electrons. The van der Waals surface area contributed by atoms with Crippen LogP contribution >= 0.6 is 23.2 Å². The molecule has 7 rings (SSSR count). The summed E-state index contributed by atoms with van der Waals surface area (Å²) in [5, 5.41) is 16.0. The SMILES string of the molecule is COc1nc(-c2cccc(-c3cccc(Nc4nccc5cnn(C)c(=O)c45)c3Cl)c2Cl)cc2c1[C@@H](NC[C@H]1CCC(=O)N1)CC2. The Morgan fingerprint density at radius 2 is 1.80 bits per heavy atom. The molecule has 2 aromatic carbocycles. The molecule has 5 aromatic rings. The van der Waals surface area contributed by atoms with Gasteiger partial charge in [-0.2, -0.15) is 5.10 Å². The van der Waals surface area contributed by atoms with Crippen molar-refractivity contribution in [1.82, 2.24) is 30.4 Å². The molecule has 10 nitrogen and oxygen atoms in total. The Balaban J connectivity index is 1.21. The molecule has 1 aliphatic heterocycles. The highest BCUT2D eigenvalue weighted by molar-refractivity contribution is 6.39. The van der Waals surface area contributed by atoms with Gasteiger partial charge in [0.2, 0.25) is 11.8 Å². The summed E-state index contributed by atoms with van der Waals surface area (Å²) in [6, 6.07) is 15.4. The third-order valence-electron chi connectivity index (χ3n) is 8.73. The molecule has 1 saturated heterocycles. The molecule has 4 heterocycles. The van der Waals surface area contributed by atoms with E-state index in [4.69, 9.17) is 32.9 Å². The van der Waals surface area contributed by atoms with Crippen molar-refractivity contribution in [3.8, 4) is 28.3 Å². The maximum Gasteiger partial charge on any atom is 0.278 e. The topological polar surface area (TPSA) is 123 Å². The van der Waals surface area contributed by atoms with Gasteiger partial charge in [0.25, 0.3) is 5.56 Å². The fraction of sp³-hybridized carbons (Fsp3) is 0.265. The Morgan fingerprint density at radius 3 is 2.59 bits per heavy atom. The van der Waals surface area contributed by atoms with Crippen LogP contribution in [0.25, 0.3) is 33.2 Å². The van der Waals surface area contributed by atoms with Gasteiger partial charge in [-0.1, -0.05) is 53.5 Å². The summed E-state index contributed by atoms with van der Waals surface area (Å²) >= 11 is 14.1. The Bertz CT molecular complexity index is 2070. The van der Waals surface area contributed by atoms with Crippen molar-refractivity contribution < 1.29 is 9.53 Å². The Kier molecular flexibility index (Phi) is 8.10. The number of methoxy groups -OCH3 is 1. The molecule has 0 spiro atoms. The smallest absolute Gasteiger partial charge is 0.278 e. The molecule has 3 aromatic heterocycles. The number of aromatic nitrogens is 4. The van der Waals surface area contributed by atoms with Gasteiger partial charge < -0.3 is 20.7 Å². The normalized spacial score (nSPS) is 17.3. The molecule has 1 fully saturated rings. The van der Waals surface area contributed by atoms with Gasteiger partial charge in [0.05, 0.1) is 40.1 Å². The number of aryl methyl sites for hydroxylation is 2. The maximum atomic E-state index is 12.9. The van der Waals surface area contributed by atoms with Crippen LogP contribution in [0.15, 0.2) is 65.7 Å². The number of anilines is 2. The van der Waals surface area contributed by atoms with E-state index >= 15 is 0 Å². The van der Waals surface area contributed by atoms with Crippen LogP contribution in [0, 0.1) is 0 Å². The van der Waals surface area contributed by atoms with E-state index in [9.17, 15) is 9.59 Å². The fourth-order valence-corrected chi connectivity index (χ4v) is 6.99. The predicted octanol–water partition coefficient (Wildman–Crippen LogP) is 5.97. The molecular weight excluding hydrogens is 625 g/mol. The van der Waals surface area contributed by atoms with Gasteiger partial charge in [0.15, 0.2) is 0 Å². The van der Waals surface area contributed by atoms with Gasteiger partial charge in [-0.25, -0.2) is 14.6 Å². The van der Waals surface area contributed by atoms with Crippen molar-refractivity contribution in [3.05, 3.63) is 92.5 Å². The highest BCUT2D eigenvalue weighted by Gasteiger charge is 2.30. The van der Waals surface area contributed by atoms with Crippen LogP contribution in [-0.4, -0.2) is 45.4 Å².